The number of hydrogen-bond acceptors (Lipinski definition) is 7. The summed E-state index contributed by atoms with van der Waals surface area (Å²) in [6.45, 7) is 1.73. The molecule has 0 bridgehead atoms. The summed E-state index contributed by atoms with van der Waals surface area (Å²) in [6, 6.07) is 4.89. The van der Waals surface area contributed by atoms with E-state index >= 15 is 0 Å². The Balaban J connectivity index is 2.23. The van der Waals surface area contributed by atoms with Gasteiger partial charge in [0.25, 0.3) is 5.56 Å². The van der Waals surface area contributed by atoms with Gasteiger partial charge < -0.3 is 14.2 Å². The normalized spacial score (nSPS) is 10.6. The molecule has 0 amide bonds. The first-order valence-electron chi connectivity index (χ1n) is 6.74. The number of aryl methyl sites for hydroxylation is 1. The molecule has 122 valence electrons. The lowest BCUT2D eigenvalue weighted by Crippen LogP contribution is -2.10. The molecule has 2 rings (SSSR count). The molecule has 2 N–H and O–H groups in total. The molecule has 0 atom stereocenters. The molecule has 0 aliphatic carbocycles. The van der Waals surface area contributed by atoms with Gasteiger partial charge in [0, 0.05) is 17.3 Å². The second-order valence-corrected chi connectivity index (χ2v) is 4.56. The highest BCUT2D eigenvalue weighted by Crippen LogP contribution is 2.37. The van der Waals surface area contributed by atoms with E-state index in [0.29, 0.717) is 22.9 Å². The molecule has 0 fully saturated rings. The van der Waals surface area contributed by atoms with Crippen LogP contribution in [0.15, 0.2) is 28.1 Å². The van der Waals surface area contributed by atoms with Crippen LogP contribution in [-0.4, -0.2) is 37.5 Å². The van der Waals surface area contributed by atoms with Crippen molar-refractivity contribution in [3.8, 4) is 17.2 Å². The lowest BCUT2D eigenvalue weighted by molar-refractivity contribution is 0.324. The van der Waals surface area contributed by atoms with E-state index in [4.69, 9.17) is 14.2 Å². The van der Waals surface area contributed by atoms with Gasteiger partial charge in [0.1, 0.15) is 0 Å². The number of nitrogens with one attached hydrogen (secondary N) is 2. The Kier molecular flexibility index (Phi) is 5.19. The molecule has 0 unspecified atom stereocenters. The molecule has 0 aliphatic rings. The van der Waals surface area contributed by atoms with Crippen LogP contribution in [0.2, 0.25) is 0 Å². The maximum absolute atomic E-state index is 11.3. The third-order valence-corrected chi connectivity index (χ3v) is 2.94. The van der Waals surface area contributed by atoms with Crippen molar-refractivity contribution in [2.24, 2.45) is 5.10 Å². The van der Waals surface area contributed by atoms with Crippen LogP contribution in [0.1, 0.15) is 11.3 Å². The van der Waals surface area contributed by atoms with E-state index in [9.17, 15) is 4.79 Å². The second-order valence-electron chi connectivity index (χ2n) is 4.56. The van der Waals surface area contributed by atoms with Crippen molar-refractivity contribution in [1.82, 2.24) is 9.97 Å². The number of hydrazone groups is 1. The maximum Gasteiger partial charge on any atom is 0.252 e. The lowest BCUT2D eigenvalue weighted by atomic mass is 10.2. The van der Waals surface area contributed by atoms with Crippen LogP contribution in [0.25, 0.3) is 0 Å². The zero-order chi connectivity index (χ0) is 16.8. The molecular weight excluding hydrogens is 300 g/mol. The van der Waals surface area contributed by atoms with Crippen molar-refractivity contribution in [1.29, 1.82) is 0 Å². The van der Waals surface area contributed by atoms with Crippen molar-refractivity contribution in [2.45, 2.75) is 6.92 Å². The monoisotopic (exact) mass is 318 g/mol. The van der Waals surface area contributed by atoms with Gasteiger partial charge in [-0.05, 0) is 19.1 Å². The van der Waals surface area contributed by atoms with E-state index in [1.807, 2.05) is 0 Å². The number of aromatic amines is 1. The van der Waals surface area contributed by atoms with Crippen molar-refractivity contribution in [2.75, 3.05) is 26.8 Å². The van der Waals surface area contributed by atoms with E-state index in [2.05, 4.69) is 20.5 Å². The summed E-state index contributed by atoms with van der Waals surface area (Å²) in [6.07, 6.45) is 1.55. The average molecular weight is 318 g/mol. The summed E-state index contributed by atoms with van der Waals surface area (Å²) in [7, 11) is 4.62. The summed E-state index contributed by atoms with van der Waals surface area (Å²) in [5.41, 5.74) is 3.74. The number of ether oxygens (including phenoxy) is 3. The third-order valence-electron chi connectivity index (χ3n) is 2.94. The van der Waals surface area contributed by atoms with Crippen LogP contribution in [-0.2, 0) is 0 Å². The van der Waals surface area contributed by atoms with E-state index in [0.717, 1.165) is 5.56 Å². The number of anilines is 1. The topological polar surface area (TPSA) is 97.8 Å². The highest BCUT2D eigenvalue weighted by Gasteiger charge is 2.12. The number of aromatic nitrogens is 2. The molecule has 0 saturated carbocycles. The van der Waals surface area contributed by atoms with Crippen molar-refractivity contribution < 1.29 is 14.2 Å². The molecule has 1 aromatic carbocycles. The second kappa shape index (κ2) is 7.30. The van der Waals surface area contributed by atoms with Gasteiger partial charge in [-0.15, -0.1) is 0 Å². The number of nitrogens with zero attached hydrogens (tertiary/aromatic N) is 2. The highest BCUT2D eigenvalue weighted by atomic mass is 16.5. The van der Waals surface area contributed by atoms with Gasteiger partial charge in [-0.25, -0.2) is 10.4 Å². The molecule has 1 aromatic heterocycles. The summed E-state index contributed by atoms with van der Waals surface area (Å²) < 4.78 is 15.8. The first-order chi connectivity index (χ1) is 11.1. The third kappa shape index (κ3) is 4.00. The van der Waals surface area contributed by atoms with E-state index < -0.39 is 0 Å². The minimum atomic E-state index is -0.247. The Bertz CT molecular complexity index is 745. The average Bonchev–Trinajstić information content (AvgIpc) is 2.52. The summed E-state index contributed by atoms with van der Waals surface area (Å²) in [5, 5.41) is 4.04. The molecule has 8 heteroatoms. The first kappa shape index (κ1) is 16.3. The van der Waals surface area contributed by atoms with Crippen molar-refractivity contribution in [3.05, 3.63) is 39.8 Å². The summed E-state index contributed by atoms with van der Waals surface area (Å²) >= 11 is 0. The van der Waals surface area contributed by atoms with Gasteiger partial charge >= 0.3 is 0 Å². The maximum atomic E-state index is 11.3. The van der Waals surface area contributed by atoms with Crippen molar-refractivity contribution in [3.63, 3.8) is 0 Å². The smallest absolute Gasteiger partial charge is 0.252 e. The van der Waals surface area contributed by atoms with Gasteiger partial charge in [0.2, 0.25) is 11.7 Å². The predicted octanol–water partition coefficient (Wildman–Crippen LogP) is 1.55. The molecule has 0 aliphatic heterocycles. The molecular formula is C15H18N4O4. The van der Waals surface area contributed by atoms with Gasteiger partial charge in [-0.3, -0.25) is 9.78 Å². The fourth-order valence-electron chi connectivity index (χ4n) is 1.98. The lowest BCUT2D eigenvalue weighted by Gasteiger charge is -2.12. The van der Waals surface area contributed by atoms with Gasteiger partial charge in [0.15, 0.2) is 11.5 Å². The fraction of sp³-hybridized carbons (Fsp3) is 0.267. The van der Waals surface area contributed by atoms with Crippen molar-refractivity contribution >= 4 is 12.2 Å². The van der Waals surface area contributed by atoms with Gasteiger partial charge in [0.05, 0.1) is 27.5 Å². The zero-order valence-corrected chi connectivity index (χ0v) is 13.3. The van der Waals surface area contributed by atoms with Crippen LogP contribution in [0.4, 0.5) is 5.95 Å². The SMILES string of the molecule is COc1cc(C=NNc2nc(C)cc(=O)[nH]2)cc(OC)c1OC. The number of methoxy groups -OCH3 is 3. The Labute approximate surface area is 133 Å². The van der Waals surface area contributed by atoms with E-state index in [-0.39, 0.29) is 11.5 Å². The number of rotatable bonds is 6. The van der Waals surface area contributed by atoms with Crippen LogP contribution >= 0.6 is 0 Å². The molecule has 1 heterocycles. The van der Waals surface area contributed by atoms with Crippen LogP contribution in [0.5, 0.6) is 17.2 Å². The highest BCUT2D eigenvalue weighted by molar-refractivity contribution is 5.82. The Morgan fingerprint density at radius 3 is 2.30 bits per heavy atom. The standard InChI is InChI=1S/C15H18N4O4/c1-9-5-13(20)18-15(17-9)19-16-8-10-6-11(21-2)14(23-4)12(7-10)22-3/h5-8H,1-4H3,(H2,17,18,19,20). The number of H-pyrrole nitrogens is 1. The van der Waals surface area contributed by atoms with E-state index in [1.54, 1.807) is 25.3 Å². The number of hydrogen-bond donors (Lipinski definition) is 2. The Morgan fingerprint density at radius 1 is 1.13 bits per heavy atom. The first-order valence-corrected chi connectivity index (χ1v) is 6.74. The predicted molar refractivity (Wildman–Crippen MR) is 86.9 cm³/mol. The fourth-order valence-corrected chi connectivity index (χ4v) is 1.98. The largest absolute Gasteiger partial charge is 0.493 e. The minimum absolute atomic E-state index is 0.247. The molecule has 8 nitrogen and oxygen atoms in total. The molecule has 0 saturated heterocycles. The summed E-state index contributed by atoms with van der Waals surface area (Å²) in [5.74, 6) is 1.81. The summed E-state index contributed by atoms with van der Waals surface area (Å²) in [4.78, 5) is 18.0. The quantitative estimate of drug-likeness (QED) is 0.619. The van der Waals surface area contributed by atoms with Crippen LogP contribution < -0.4 is 25.2 Å². The van der Waals surface area contributed by atoms with Crippen LogP contribution in [0.3, 0.4) is 0 Å². The molecule has 0 spiro atoms. The van der Waals surface area contributed by atoms with Gasteiger partial charge in [-0.1, -0.05) is 0 Å². The molecule has 23 heavy (non-hydrogen) atoms. The Morgan fingerprint density at radius 2 is 1.78 bits per heavy atom. The van der Waals surface area contributed by atoms with Crippen LogP contribution in [0, 0.1) is 6.92 Å². The van der Waals surface area contributed by atoms with Gasteiger partial charge in [-0.2, -0.15) is 5.10 Å². The van der Waals surface area contributed by atoms with E-state index in [1.165, 1.54) is 27.4 Å². The molecule has 0 radical (unpaired) electrons. The molecule has 2 aromatic rings. The zero-order valence-electron chi connectivity index (χ0n) is 13.3. The number of benzene rings is 1. The minimum Gasteiger partial charge on any atom is -0.493 e. The Hall–Kier alpha value is -3.03.